The average Bonchev–Trinajstić information content (AvgIpc) is 2.64. The molecule has 1 unspecified atom stereocenters. The molecule has 1 aromatic rings. The second-order valence-corrected chi connectivity index (χ2v) is 6.30. The summed E-state index contributed by atoms with van der Waals surface area (Å²) in [5, 5.41) is 0. The highest BCUT2D eigenvalue weighted by atomic mass is 79.9. The molecule has 1 aromatic carbocycles. The molecule has 0 radical (unpaired) electrons. The number of likely N-dealkylation sites (tertiary alicyclic amines) is 1. The van der Waals surface area contributed by atoms with E-state index in [1.807, 2.05) is 18.2 Å². The van der Waals surface area contributed by atoms with Crippen LogP contribution in [0.3, 0.4) is 0 Å². The third kappa shape index (κ3) is 3.83. The highest BCUT2D eigenvalue weighted by molar-refractivity contribution is 9.10. The van der Waals surface area contributed by atoms with Crippen LogP contribution in [-0.2, 0) is 0 Å². The lowest BCUT2D eigenvalue weighted by Gasteiger charge is -2.26. The van der Waals surface area contributed by atoms with Crippen molar-refractivity contribution >= 4 is 21.7 Å². The van der Waals surface area contributed by atoms with E-state index in [0.29, 0.717) is 12.6 Å². The van der Waals surface area contributed by atoms with Crippen LogP contribution in [-0.4, -0.2) is 36.9 Å². The Kier molecular flexibility index (Phi) is 5.61. The van der Waals surface area contributed by atoms with Crippen LogP contribution in [0.15, 0.2) is 22.7 Å². The van der Waals surface area contributed by atoms with Crippen molar-refractivity contribution in [1.29, 1.82) is 0 Å². The van der Waals surface area contributed by atoms with Gasteiger partial charge in [-0.3, -0.25) is 9.69 Å². The number of benzene rings is 1. The molecular formula is C16H22BrNO2. The standard InChI is InChI=1S/C16H22BrNO2/c1-12-6-4-3-5-9-18(12)11-15(19)13-7-8-16(20-2)14(17)10-13/h7-8,10,12H,3-6,9,11H2,1-2H3. The normalized spacial score (nSPS) is 20.4. The summed E-state index contributed by atoms with van der Waals surface area (Å²) in [4.78, 5) is 14.7. The quantitative estimate of drug-likeness (QED) is 0.779. The van der Waals surface area contributed by atoms with E-state index in [1.54, 1.807) is 7.11 Å². The highest BCUT2D eigenvalue weighted by Crippen LogP contribution is 2.26. The second kappa shape index (κ2) is 7.23. The number of halogens is 1. The predicted octanol–water partition coefficient (Wildman–Crippen LogP) is 3.90. The van der Waals surface area contributed by atoms with Crippen LogP contribution in [0.25, 0.3) is 0 Å². The Hall–Kier alpha value is -0.870. The maximum absolute atomic E-state index is 12.4. The van der Waals surface area contributed by atoms with Gasteiger partial charge in [-0.1, -0.05) is 12.8 Å². The van der Waals surface area contributed by atoms with Crippen molar-refractivity contribution in [3.63, 3.8) is 0 Å². The van der Waals surface area contributed by atoms with E-state index in [4.69, 9.17) is 4.74 Å². The van der Waals surface area contributed by atoms with Gasteiger partial charge in [-0.15, -0.1) is 0 Å². The molecule has 0 N–H and O–H groups in total. The zero-order valence-electron chi connectivity index (χ0n) is 12.2. The highest BCUT2D eigenvalue weighted by Gasteiger charge is 2.20. The molecular weight excluding hydrogens is 318 g/mol. The minimum atomic E-state index is 0.183. The summed E-state index contributed by atoms with van der Waals surface area (Å²) in [6.45, 7) is 3.77. The minimum absolute atomic E-state index is 0.183. The van der Waals surface area contributed by atoms with Crippen LogP contribution < -0.4 is 4.74 Å². The molecule has 20 heavy (non-hydrogen) atoms. The molecule has 110 valence electrons. The lowest BCUT2D eigenvalue weighted by atomic mass is 10.1. The van der Waals surface area contributed by atoms with E-state index in [0.717, 1.165) is 22.3 Å². The molecule has 3 nitrogen and oxygen atoms in total. The van der Waals surface area contributed by atoms with Gasteiger partial charge < -0.3 is 4.74 Å². The molecule has 1 aliphatic heterocycles. The third-order valence-corrected chi connectivity index (χ3v) is 4.63. The van der Waals surface area contributed by atoms with Gasteiger partial charge in [0.2, 0.25) is 0 Å². The van der Waals surface area contributed by atoms with Crippen molar-refractivity contribution in [2.24, 2.45) is 0 Å². The molecule has 1 saturated heterocycles. The fraction of sp³-hybridized carbons (Fsp3) is 0.562. The van der Waals surface area contributed by atoms with Crippen molar-refractivity contribution in [2.45, 2.75) is 38.6 Å². The summed E-state index contributed by atoms with van der Waals surface area (Å²) in [5.74, 6) is 0.937. The zero-order chi connectivity index (χ0) is 14.5. The Morgan fingerprint density at radius 2 is 2.20 bits per heavy atom. The molecule has 0 saturated carbocycles. The Balaban J connectivity index is 2.05. The van der Waals surface area contributed by atoms with E-state index in [-0.39, 0.29) is 5.78 Å². The van der Waals surface area contributed by atoms with Crippen molar-refractivity contribution < 1.29 is 9.53 Å². The van der Waals surface area contributed by atoms with Crippen LogP contribution in [0.4, 0.5) is 0 Å². The maximum atomic E-state index is 12.4. The number of hydrogen-bond acceptors (Lipinski definition) is 3. The Bertz CT molecular complexity index is 476. The van der Waals surface area contributed by atoms with Gasteiger partial charge in [0.1, 0.15) is 5.75 Å². The molecule has 4 heteroatoms. The van der Waals surface area contributed by atoms with E-state index in [2.05, 4.69) is 27.8 Å². The van der Waals surface area contributed by atoms with Gasteiger partial charge in [0.15, 0.2) is 5.78 Å². The largest absolute Gasteiger partial charge is 0.496 e. The van der Waals surface area contributed by atoms with Crippen LogP contribution in [0.5, 0.6) is 5.75 Å². The lowest BCUT2D eigenvalue weighted by Crippen LogP contribution is -2.37. The summed E-state index contributed by atoms with van der Waals surface area (Å²) in [6.07, 6.45) is 4.95. The number of ketones is 1. The summed E-state index contributed by atoms with van der Waals surface area (Å²) in [5.41, 5.74) is 0.745. The predicted molar refractivity (Wildman–Crippen MR) is 84.5 cm³/mol. The summed E-state index contributed by atoms with van der Waals surface area (Å²) >= 11 is 3.43. The SMILES string of the molecule is COc1ccc(C(=O)CN2CCCCCC2C)cc1Br. The summed E-state index contributed by atoms with van der Waals surface area (Å²) in [7, 11) is 1.63. The maximum Gasteiger partial charge on any atom is 0.176 e. The first-order valence-corrected chi connectivity index (χ1v) is 8.02. The van der Waals surface area contributed by atoms with Gasteiger partial charge in [-0.05, 0) is 60.4 Å². The smallest absolute Gasteiger partial charge is 0.176 e. The van der Waals surface area contributed by atoms with E-state index in [1.165, 1.54) is 25.7 Å². The van der Waals surface area contributed by atoms with Gasteiger partial charge in [-0.2, -0.15) is 0 Å². The van der Waals surface area contributed by atoms with Crippen LogP contribution in [0, 0.1) is 0 Å². The fourth-order valence-electron chi connectivity index (χ4n) is 2.68. The second-order valence-electron chi connectivity index (χ2n) is 5.44. The van der Waals surface area contributed by atoms with Gasteiger partial charge in [0, 0.05) is 11.6 Å². The molecule has 1 aliphatic rings. The molecule has 1 fully saturated rings. The fourth-order valence-corrected chi connectivity index (χ4v) is 3.23. The molecule has 0 bridgehead atoms. The first kappa shape index (κ1) is 15.5. The summed E-state index contributed by atoms with van der Waals surface area (Å²) < 4.78 is 6.02. The topological polar surface area (TPSA) is 29.5 Å². The van der Waals surface area contributed by atoms with Crippen LogP contribution >= 0.6 is 15.9 Å². The zero-order valence-corrected chi connectivity index (χ0v) is 13.8. The summed E-state index contributed by atoms with van der Waals surface area (Å²) in [6, 6.07) is 6.03. The first-order chi connectivity index (χ1) is 9.61. The molecule has 0 aliphatic carbocycles. The number of carbonyl (C=O) groups is 1. The molecule has 0 amide bonds. The molecule has 0 aromatic heterocycles. The number of hydrogen-bond donors (Lipinski definition) is 0. The van der Waals surface area contributed by atoms with Gasteiger partial charge >= 0.3 is 0 Å². The van der Waals surface area contributed by atoms with Gasteiger partial charge in [0.05, 0.1) is 18.1 Å². The number of ether oxygens (including phenoxy) is 1. The number of Topliss-reactive ketones (excluding diaryl/α,β-unsaturated/α-hetero) is 1. The number of rotatable bonds is 4. The number of nitrogens with zero attached hydrogens (tertiary/aromatic N) is 1. The number of carbonyl (C=O) groups excluding carboxylic acids is 1. The molecule has 1 heterocycles. The van der Waals surface area contributed by atoms with Gasteiger partial charge in [-0.25, -0.2) is 0 Å². The molecule has 2 rings (SSSR count). The van der Waals surface area contributed by atoms with Crippen LogP contribution in [0.2, 0.25) is 0 Å². The van der Waals surface area contributed by atoms with E-state index < -0.39 is 0 Å². The molecule has 1 atom stereocenters. The Morgan fingerprint density at radius 1 is 1.40 bits per heavy atom. The first-order valence-electron chi connectivity index (χ1n) is 7.22. The van der Waals surface area contributed by atoms with Gasteiger partial charge in [0.25, 0.3) is 0 Å². The van der Waals surface area contributed by atoms with Crippen molar-refractivity contribution in [1.82, 2.24) is 4.90 Å². The molecule has 0 spiro atoms. The van der Waals surface area contributed by atoms with Crippen LogP contribution in [0.1, 0.15) is 43.0 Å². The Labute approximate surface area is 129 Å². The monoisotopic (exact) mass is 339 g/mol. The Morgan fingerprint density at radius 3 is 2.90 bits per heavy atom. The van der Waals surface area contributed by atoms with Crippen molar-refractivity contribution in [2.75, 3.05) is 20.2 Å². The third-order valence-electron chi connectivity index (χ3n) is 4.01. The number of methoxy groups -OCH3 is 1. The average molecular weight is 340 g/mol. The van der Waals surface area contributed by atoms with E-state index in [9.17, 15) is 4.79 Å². The lowest BCUT2D eigenvalue weighted by molar-refractivity contribution is 0.0901. The minimum Gasteiger partial charge on any atom is -0.496 e. The van der Waals surface area contributed by atoms with E-state index >= 15 is 0 Å². The van der Waals surface area contributed by atoms with Crippen molar-refractivity contribution in [3.8, 4) is 5.75 Å². The van der Waals surface area contributed by atoms with Crippen molar-refractivity contribution in [3.05, 3.63) is 28.2 Å².